The molecule has 2 aliphatic rings. The monoisotopic (exact) mass is 465 g/mol. The average Bonchev–Trinajstić information content (AvgIpc) is 3.19. The predicted octanol–water partition coefficient (Wildman–Crippen LogP) is 2.52. The summed E-state index contributed by atoms with van der Waals surface area (Å²) in [6.07, 6.45) is 10.8. The number of fused-ring (bicyclic) bond motifs is 1. The van der Waals surface area contributed by atoms with E-state index in [9.17, 15) is 18.8 Å². The molecule has 1 saturated heterocycles. The Bertz CT molecular complexity index is 1300. The lowest BCUT2D eigenvalue weighted by molar-refractivity contribution is -0.124. The molecule has 8 nitrogen and oxygen atoms in total. The summed E-state index contributed by atoms with van der Waals surface area (Å²) >= 11 is 0. The second-order valence-electron chi connectivity index (χ2n) is 8.54. The van der Waals surface area contributed by atoms with E-state index in [0.717, 1.165) is 11.4 Å². The molecule has 0 bridgehead atoms. The molecule has 2 amide bonds. The van der Waals surface area contributed by atoms with Gasteiger partial charge in [0.05, 0.1) is 5.56 Å². The molecule has 1 aliphatic heterocycles. The van der Waals surface area contributed by atoms with Gasteiger partial charge in [-0.05, 0) is 44.1 Å². The summed E-state index contributed by atoms with van der Waals surface area (Å²) in [5.41, 5.74) is 7.77. The number of hydrogen-bond acceptors (Lipinski definition) is 4. The van der Waals surface area contributed by atoms with E-state index in [1.165, 1.54) is 27.8 Å². The lowest BCUT2D eigenvalue weighted by Crippen LogP contribution is -2.59. The van der Waals surface area contributed by atoms with E-state index in [1.54, 1.807) is 24.3 Å². The van der Waals surface area contributed by atoms with Crippen LogP contribution < -0.4 is 11.3 Å². The van der Waals surface area contributed by atoms with Crippen LogP contribution in [0.3, 0.4) is 0 Å². The Morgan fingerprint density at radius 2 is 2.12 bits per heavy atom. The van der Waals surface area contributed by atoms with E-state index in [0.29, 0.717) is 35.9 Å². The molecule has 1 aliphatic carbocycles. The largest absolute Gasteiger partial charge is 0.370 e. The molecule has 178 valence electrons. The van der Waals surface area contributed by atoms with Crippen molar-refractivity contribution in [2.75, 3.05) is 19.6 Å². The Morgan fingerprint density at radius 1 is 1.32 bits per heavy atom. The molecule has 4 rings (SSSR count). The number of primary amides is 1. The first kappa shape index (κ1) is 23.3. The molecular formula is C25H28FN5O3. The van der Waals surface area contributed by atoms with E-state index in [1.807, 2.05) is 11.8 Å². The first-order valence-electron chi connectivity index (χ1n) is 11.2. The number of pyridine rings is 1. The molecule has 3 heterocycles. The van der Waals surface area contributed by atoms with Crippen LogP contribution in [-0.2, 0) is 11.3 Å². The Balaban J connectivity index is 1.67. The number of nitrogens with two attached hydrogens (primary N) is 1. The maximum Gasteiger partial charge on any atom is 0.275 e. The van der Waals surface area contributed by atoms with Crippen molar-refractivity contribution in [2.45, 2.75) is 32.4 Å². The number of allylic oxidation sites excluding steroid dienone is 7. The normalized spacial score (nSPS) is 22.8. The van der Waals surface area contributed by atoms with Crippen molar-refractivity contribution in [3.05, 3.63) is 82.4 Å². The van der Waals surface area contributed by atoms with Gasteiger partial charge in [-0.15, -0.1) is 6.58 Å². The van der Waals surface area contributed by atoms with Crippen LogP contribution in [0, 0.1) is 6.92 Å². The summed E-state index contributed by atoms with van der Waals surface area (Å²) in [5, 5.41) is 0.508. The van der Waals surface area contributed by atoms with E-state index >= 15 is 0 Å². The van der Waals surface area contributed by atoms with E-state index in [-0.39, 0.29) is 36.9 Å². The van der Waals surface area contributed by atoms with Crippen LogP contribution in [0.25, 0.3) is 10.9 Å². The number of halogens is 1. The highest BCUT2D eigenvalue weighted by molar-refractivity contribution is 6.07. The molecular weight excluding hydrogens is 437 g/mol. The van der Waals surface area contributed by atoms with E-state index in [4.69, 9.17) is 5.73 Å². The fourth-order valence-electron chi connectivity index (χ4n) is 4.53. The zero-order valence-corrected chi connectivity index (χ0v) is 19.1. The van der Waals surface area contributed by atoms with Crippen molar-refractivity contribution < 1.29 is 14.0 Å². The molecule has 2 aromatic heterocycles. The second-order valence-corrected chi connectivity index (χ2v) is 8.54. The van der Waals surface area contributed by atoms with Crippen LogP contribution in [0.15, 0.2) is 65.5 Å². The highest BCUT2D eigenvalue weighted by atomic mass is 19.1. The quantitative estimate of drug-likeness (QED) is 0.662. The third kappa shape index (κ3) is 4.46. The molecule has 0 spiro atoms. The van der Waals surface area contributed by atoms with Gasteiger partial charge in [0.2, 0.25) is 5.91 Å². The molecule has 1 fully saturated rings. The molecule has 2 aromatic rings. The standard InChI is InChI=1S/C25H28FN5O3/c1-3-10-30-14-20(19-13-16(2)28-22(19)25(30)34)24(33)31-12-11-29(15-21(31)23(27)32)18-7-5-4-6-17(26)8-9-18/h3-4,6,8-9,13-14,21,28H,1,5,7,10-12,15H2,2H3,(H2,27,32)/b6-4-,17-8+,18-9+. The summed E-state index contributed by atoms with van der Waals surface area (Å²) in [5.74, 6) is -1.32. The number of amides is 2. The van der Waals surface area contributed by atoms with Gasteiger partial charge in [0.1, 0.15) is 17.4 Å². The molecule has 0 aromatic carbocycles. The van der Waals surface area contributed by atoms with Crippen LogP contribution in [0.2, 0.25) is 0 Å². The SMILES string of the molecule is C=CCn1cc(C(=O)N2CCN(/C3=C/C=C(F)\C=C/CC3)CC2C(N)=O)c2cc(C)[nH]c2c1=O. The highest BCUT2D eigenvalue weighted by Gasteiger charge is 2.36. The van der Waals surface area contributed by atoms with Crippen LogP contribution in [0.4, 0.5) is 4.39 Å². The number of H-pyrrole nitrogens is 1. The summed E-state index contributed by atoms with van der Waals surface area (Å²) in [6.45, 7) is 6.69. The summed E-state index contributed by atoms with van der Waals surface area (Å²) in [6, 6.07) is 0.887. The van der Waals surface area contributed by atoms with Crippen LogP contribution in [0.1, 0.15) is 28.9 Å². The summed E-state index contributed by atoms with van der Waals surface area (Å²) in [7, 11) is 0. The van der Waals surface area contributed by atoms with Crippen molar-refractivity contribution in [3.8, 4) is 0 Å². The number of hydrogen-bond donors (Lipinski definition) is 2. The van der Waals surface area contributed by atoms with E-state index < -0.39 is 11.9 Å². The summed E-state index contributed by atoms with van der Waals surface area (Å²) < 4.78 is 15.1. The highest BCUT2D eigenvalue weighted by Crippen LogP contribution is 2.24. The Morgan fingerprint density at radius 3 is 2.85 bits per heavy atom. The number of aromatic nitrogens is 2. The van der Waals surface area contributed by atoms with Gasteiger partial charge < -0.3 is 25.1 Å². The number of nitrogens with zero attached hydrogens (tertiary/aromatic N) is 3. The van der Waals surface area contributed by atoms with Crippen LogP contribution >= 0.6 is 0 Å². The minimum atomic E-state index is -0.869. The van der Waals surface area contributed by atoms with Crippen LogP contribution in [0.5, 0.6) is 0 Å². The van der Waals surface area contributed by atoms with Crippen molar-refractivity contribution in [3.63, 3.8) is 0 Å². The molecule has 1 atom stereocenters. The average molecular weight is 466 g/mol. The van der Waals surface area contributed by atoms with Gasteiger partial charge in [0.15, 0.2) is 0 Å². The lowest BCUT2D eigenvalue weighted by atomic mass is 10.0. The number of carbonyl (C=O) groups excluding carboxylic acids is 2. The number of carbonyl (C=O) groups is 2. The van der Waals surface area contributed by atoms with E-state index in [2.05, 4.69) is 11.6 Å². The fraction of sp³-hybridized carbons (Fsp3) is 0.320. The fourth-order valence-corrected chi connectivity index (χ4v) is 4.53. The molecule has 1 unspecified atom stereocenters. The zero-order valence-electron chi connectivity index (χ0n) is 19.1. The number of piperazine rings is 1. The third-order valence-electron chi connectivity index (χ3n) is 6.21. The van der Waals surface area contributed by atoms with Gasteiger partial charge in [-0.2, -0.15) is 0 Å². The Kier molecular flexibility index (Phi) is 6.54. The summed E-state index contributed by atoms with van der Waals surface area (Å²) in [4.78, 5) is 45.4. The topological polar surface area (TPSA) is 104 Å². The lowest BCUT2D eigenvalue weighted by Gasteiger charge is -2.42. The molecule has 3 N–H and O–H groups in total. The van der Waals surface area contributed by atoms with Crippen molar-refractivity contribution in [1.82, 2.24) is 19.4 Å². The van der Waals surface area contributed by atoms with Gasteiger partial charge in [0, 0.05) is 49.2 Å². The molecule has 0 radical (unpaired) electrons. The van der Waals surface area contributed by atoms with Crippen LogP contribution in [-0.4, -0.2) is 56.8 Å². The maximum atomic E-state index is 13.7. The Labute approximate surface area is 196 Å². The minimum Gasteiger partial charge on any atom is -0.370 e. The Hall–Kier alpha value is -3.88. The number of nitrogens with one attached hydrogen (secondary N) is 1. The van der Waals surface area contributed by atoms with Gasteiger partial charge in [-0.1, -0.05) is 12.2 Å². The van der Waals surface area contributed by atoms with Crippen molar-refractivity contribution in [2.24, 2.45) is 5.73 Å². The smallest absolute Gasteiger partial charge is 0.275 e. The van der Waals surface area contributed by atoms with Crippen molar-refractivity contribution >= 4 is 22.7 Å². The van der Waals surface area contributed by atoms with Gasteiger partial charge in [0.25, 0.3) is 11.5 Å². The molecule has 34 heavy (non-hydrogen) atoms. The minimum absolute atomic E-state index is 0.216. The zero-order chi connectivity index (χ0) is 24.4. The van der Waals surface area contributed by atoms with Crippen molar-refractivity contribution in [1.29, 1.82) is 0 Å². The molecule has 9 heteroatoms. The van der Waals surface area contributed by atoms with Gasteiger partial charge in [-0.25, -0.2) is 4.39 Å². The second kappa shape index (κ2) is 9.54. The predicted molar refractivity (Wildman–Crippen MR) is 129 cm³/mol. The third-order valence-corrected chi connectivity index (χ3v) is 6.21. The number of rotatable bonds is 5. The first-order valence-corrected chi connectivity index (χ1v) is 11.2. The van der Waals surface area contributed by atoms with Gasteiger partial charge >= 0.3 is 0 Å². The molecule has 0 saturated carbocycles. The van der Waals surface area contributed by atoms with Gasteiger partial charge in [-0.3, -0.25) is 14.4 Å². The maximum absolute atomic E-state index is 13.7. The first-order chi connectivity index (χ1) is 16.3. The number of aryl methyl sites for hydroxylation is 1. The number of aromatic amines is 1.